The van der Waals surface area contributed by atoms with Crippen molar-refractivity contribution >= 4 is 16.9 Å². The van der Waals surface area contributed by atoms with Crippen molar-refractivity contribution in [1.29, 1.82) is 0 Å². The summed E-state index contributed by atoms with van der Waals surface area (Å²) in [5.74, 6) is -0.547. The number of aliphatic hydroxyl groups excluding tert-OH is 3. The van der Waals surface area contributed by atoms with Gasteiger partial charge in [0.05, 0.1) is 19.8 Å². The molecule has 0 aliphatic carbocycles. The summed E-state index contributed by atoms with van der Waals surface area (Å²) in [6, 6.07) is 8.68. The number of amides is 1. The van der Waals surface area contributed by atoms with Crippen molar-refractivity contribution in [1.82, 2.24) is 5.32 Å². The first-order valence-electron chi connectivity index (χ1n) is 5.78. The Labute approximate surface area is 109 Å². The van der Waals surface area contributed by atoms with E-state index in [4.69, 9.17) is 19.7 Å². The van der Waals surface area contributed by atoms with Crippen molar-refractivity contribution in [3.63, 3.8) is 0 Å². The Morgan fingerprint density at radius 2 is 1.79 bits per heavy atom. The van der Waals surface area contributed by atoms with Gasteiger partial charge in [0.1, 0.15) is 11.1 Å². The molecular formula is C13H15NO5. The first kappa shape index (κ1) is 13.5. The summed E-state index contributed by atoms with van der Waals surface area (Å²) in [6.45, 7) is -1.73. The lowest BCUT2D eigenvalue weighted by Gasteiger charge is -2.28. The molecule has 4 N–H and O–H groups in total. The first-order valence-corrected chi connectivity index (χ1v) is 5.78. The average Bonchev–Trinajstić information content (AvgIpc) is 2.89. The summed E-state index contributed by atoms with van der Waals surface area (Å²) in [4.78, 5) is 12.0. The number of para-hydroxylation sites is 1. The molecule has 0 aliphatic rings. The van der Waals surface area contributed by atoms with Crippen molar-refractivity contribution < 1.29 is 24.5 Å². The van der Waals surface area contributed by atoms with Gasteiger partial charge >= 0.3 is 0 Å². The third kappa shape index (κ3) is 2.60. The number of carbonyl (C=O) groups excluding carboxylic acids is 1. The van der Waals surface area contributed by atoms with Crippen LogP contribution in [0.5, 0.6) is 0 Å². The largest absolute Gasteiger partial charge is 0.451 e. The molecule has 0 radical (unpaired) electrons. The number of hydrogen-bond donors (Lipinski definition) is 4. The molecule has 0 fully saturated rings. The molecule has 1 aromatic heterocycles. The Morgan fingerprint density at radius 3 is 2.37 bits per heavy atom. The zero-order valence-corrected chi connectivity index (χ0v) is 10.2. The number of benzene rings is 1. The minimum atomic E-state index is -1.46. The van der Waals surface area contributed by atoms with Crippen molar-refractivity contribution in [2.45, 2.75) is 5.54 Å². The second-order valence-corrected chi connectivity index (χ2v) is 4.36. The van der Waals surface area contributed by atoms with Gasteiger partial charge in [-0.2, -0.15) is 0 Å². The SMILES string of the molecule is O=C(NC(CO)(CO)CO)c1cc2ccccc2o1. The zero-order valence-electron chi connectivity index (χ0n) is 10.2. The number of fused-ring (bicyclic) bond motifs is 1. The van der Waals surface area contributed by atoms with E-state index in [0.717, 1.165) is 5.39 Å². The predicted molar refractivity (Wildman–Crippen MR) is 67.7 cm³/mol. The fourth-order valence-electron chi connectivity index (χ4n) is 1.66. The van der Waals surface area contributed by atoms with Gasteiger partial charge < -0.3 is 25.1 Å². The number of furan rings is 1. The highest BCUT2D eigenvalue weighted by Crippen LogP contribution is 2.19. The van der Waals surface area contributed by atoms with Gasteiger partial charge in [-0.05, 0) is 12.1 Å². The van der Waals surface area contributed by atoms with E-state index in [-0.39, 0.29) is 5.76 Å². The van der Waals surface area contributed by atoms with E-state index in [0.29, 0.717) is 5.58 Å². The molecule has 0 aliphatic heterocycles. The van der Waals surface area contributed by atoms with Crippen LogP contribution in [0.1, 0.15) is 10.6 Å². The van der Waals surface area contributed by atoms with Gasteiger partial charge in [0.2, 0.25) is 0 Å². The van der Waals surface area contributed by atoms with Crippen LogP contribution in [0.2, 0.25) is 0 Å². The van der Waals surface area contributed by atoms with E-state index >= 15 is 0 Å². The van der Waals surface area contributed by atoms with Crippen molar-refractivity contribution in [3.8, 4) is 0 Å². The number of rotatable bonds is 5. The molecule has 0 saturated heterocycles. The lowest BCUT2D eigenvalue weighted by Crippen LogP contribution is -2.56. The Bertz CT molecular complexity index is 532. The Morgan fingerprint density at radius 1 is 1.16 bits per heavy atom. The maximum absolute atomic E-state index is 12.0. The van der Waals surface area contributed by atoms with Gasteiger partial charge in [0.15, 0.2) is 5.76 Å². The number of aliphatic hydroxyl groups is 3. The standard InChI is InChI=1S/C13H15NO5/c15-6-13(7-16,8-17)14-12(18)11-5-9-3-1-2-4-10(9)19-11/h1-5,15-17H,6-8H2,(H,14,18). The van der Waals surface area contributed by atoms with Gasteiger partial charge in [0, 0.05) is 5.39 Å². The summed E-state index contributed by atoms with van der Waals surface area (Å²) in [5, 5.41) is 30.6. The highest BCUT2D eigenvalue weighted by molar-refractivity contribution is 5.96. The summed E-state index contributed by atoms with van der Waals surface area (Å²) >= 11 is 0. The summed E-state index contributed by atoms with van der Waals surface area (Å²) < 4.78 is 5.35. The lowest BCUT2D eigenvalue weighted by molar-refractivity contribution is 0.0364. The topological polar surface area (TPSA) is 103 Å². The van der Waals surface area contributed by atoms with Crippen LogP contribution in [-0.4, -0.2) is 46.6 Å². The van der Waals surface area contributed by atoms with E-state index in [1.165, 1.54) is 0 Å². The summed E-state index contributed by atoms with van der Waals surface area (Å²) in [7, 11) is 0. The Balaban J connectivity index is 2.24. The minimum Gasteiger partial charge on any atom is -0.451 e. The molecule has 2 aromatic rings. The molecule has 0 bridgehead atoms. The first-order chi connectivity index (χ1) is 9.14. The third-order valence-electron chi connectivity index (χ3n) is 2.94. The second kappa shape index (κ2) is 5.40. The maximum atomic E-state index is 12.0. The van der Waals surface area contributed by atoms with E-state index in [9.17, 15) is 4.79 Å². The molecule has 1 aromatic carbocycles. The summed E-state index contributed by atoms with van der Waals surface area (Å²) in [6.07, 6.45) is 0. The number of carbonyl (C=O) groups is 1. The maximum Gasteiger partial charge on any atom is 0.287 e. The second-order valence-electron chi connectivity index (χ2n) is 4.36. The van der Waals surface area contributed by atoms with Crippen molar-refractivity contribution in [2.24, 2.45) is 0 Å². The molecule has 6 heteroatoms. The van der Waals surface area contributed by atoms with Crippen LogP contribution in [-0.2, 0) is 0 Å². The number of hydrogen-bond acceptors (Lipinski definition) is 5. The smallest absolute Gasteiger partial charge is 0.287 e. The molecule has 0 unspecified atom stereocenters. The van der Waals surface area contributed by atoms with E-state index in [2.05, 4.69) is 5.32 Å². The quantitative estimate of drug-likeness (QED) is 0.603. The van der Waals surface area contributed by atoms with Crippen LogP contribution in [0.25, 0.3) is 11.0 Å². The zero-order chi connectivity index (χ0) is 13.9. The molecular weight excluding hydrogens is 250 g/mol. The van der Waals surface area contributed by atoms with E-state index in [1.54, 1.807) is 24.3 Å². The van der Waals surface area contributed by atoms with Crippen molar-refractivity contribution in [2.75, 3.05) is 19.8 Å². The van der Waals surface area contributed by atoms with Crippen LogP contribution in [0.4, 0.5) is 0 Å². The van der Waals surface area contributed by atoms with Crippen molar-refractivity contribution in [3.05, 3.63) is 36.1 Å². The molecule has 1 heterocycles. The lowest BCUT2D eigenvalue weighted by atomic mass is 10.0. The van der Waals surface area contributed by atoms with E-state index < -0.39 is 31.3 Å². The molecule has 102 valence electrons. The highest BCUT2D eigenvalue weighted by atomic mass is 16.3. The van der Waals surface area contributed by atoms with Gasteiger partial charge in [-0.1, -0.05) is 18.2 Å². The number of nitrogens with one attached hydrogen (secondary N) is 1. The van der Waals surface area contributed by atoms with E-state index in [1.807, 2.05) is 6.07 Å². The van der Waals surface area contributed by atoms with Crippen LogP contribution in [0.15, 0.2) is 34.7 Å². The monoisotopic (exact) mass is 265 g/mol. The van der Waals surface area contributed by atoms with Gasteiger partial charge in [-0.15, -0.1) is 0 Å². The molecule has 0 saturated carbocycles. The molecule has 0 atom stereocenters. The van der Waals surface area contributed by atoms with Crippen LogP contribution in [0.3, 0.4) is 0 Å². The molecule has 1 amide bonds. The highest BCUT2D eigenvalue weighted by Gasteiger charge is 2.31. The van der Waals surface area contributed by atoms with Gasteiger partial charge in [-0.3, -0.25) is 4.79 Å². The Kier molecular flexibility index (Phi) is 3.84. The van der Waals surface area contributed by atoms with Crippen LogP contribution in [0, 0.1) is 0 Å². The molecule has 6 nitrogen and oxygen atoms in total. The Hall–Kier alpha value is -1.89. The minimum absolute atomic E-state index is 0.0564. The fraction of sp³-hybridized carbons (Fsp3) is 0.308. The fourth-order valence-corrected chi connectivity index (χ4v) is 1.66. The van der Waals surface area contributed by atoms with Gasteiger partial charge in [0.25, 0.3) is 5.91 Å². The molecule has 19 heavy (non-hydrogen) atoms. The third-order valence-corrected chi connectivity index (χ3v) is 2.94. The van der Waals surface area contributed by atoms with Crippen LogP contribution < -0.4 is 5.32 Å². The summed E-state index contributed by atoms with van der Waals surface area (Å²) in [5.41, 5.74) is -0.897. The van der Waals surface area contributed by atoms with Gasteiger partial charge in [-0.25, -0.2) is 0 Å². The van der Waals surface area contributed by atoms with Crippen LogP contribution >= 0.6 is 0 Å². The average molecular weight is 265 g/mol. The molecule has 0 spiro atoms. The molecule has 2 rings (SSSR count). The normalized spacial score (nSPS) is 11.7. The predicted octanol–water partition coefficient (Wildman–Crippen LogP) is -0.122.